The van der Waals surface area contributed by atoms with Gasteiger partial charge in [-0.3, -0.25) is 0 Å². The third-order valence-corrected chi connectivity index (χ3v) is 3.28. The molecule has 0 aliphatic carbocycles. The number of aromatic carboxylic acids is 1. The van der Waals surface area contributed by atoms with Gasteiger partial charge >= 0.3 is 5.97 Å². The smallest absolute Gasteiger partial charge is 0.354 e. The predicted molar refractivity (Wildman–Crippen MR) is 83.4 cm³/mol. The molecule has 0 saturated heterocycles. The van der Waals surface area contributed by atoms with E-state index in [1.54, 1.807) is 18.2 Å². The number of rotatable bonds is 3. The highest BCUT2D eigenvalue weighted by atomic mass is 35.5. The Bertz CT molecular complexity index is 833. The van der Waals surface area contributed by atoms with Crippen molar-refractivity contribution in [3.8, 4) is 0 Å². The molecule has 0 amide bonds. The Kier molecular flexibility index (Phi) is 3.46. The molecule has 5 heteroatoms. The Labute approximate surface area is 126 Å². The van der Waals surface area contributed by atoms with E-state index >= 15 is 0 Å². The quantitative estimate of drug-likeness (QED) is 0.755. The van der Waals surface area contributed by atoms with Gasteiger partial charge in [0.1, 0.15) is 5.82 Å². The van der Waals surface area contributed by atoms with Crippen molar-refractivity contribution in [2.45, 2.75) is 0 Å². The number of anilines is 2. The van der Waals surface area contributed by atoms with Gasteiger partial charge < -0.3 is 10.4 Å². The van der Waals surface area contributed by atoms with E-state index in [1.807, 2.05) is 36.4 Å². The second-order valence-electron chi connectivity index (χ2n) is 4.52. The first kappa shape index (κ1) is 13.4. The van der Waals surface area contributed by atoms with Crippen LogP contribution in [0.15, 0.2) is 54.6 Å². The number of hydrogen-bond donors (Lipinski definition) is 2. The molecular weight excluding hydrogens is 288 g/mol. The molecule has 0 aliphatic rings. The summed E-state index contributed by atoms with van der Waals surface area (Å²) in [6.45, 7) is 0. The van der Waals surface area contributed by atoms with E-state index in [4.69, 9.17) is 16.7 Å². The SMILES string of the molecule is O=C(O)c1cc2ccccc2c(Nc2cccc(Cl)c2)n1. The molecule has 1 heterocycles. The zero-order valence-electron chi connectivity index (χ0n) is 10.9. The van der Waals surface area contributed by atoms with Crippen LogP contribution in [0.3, 0.4) is 0 Å². The van der Waals surface area contributed by atoms with Crippen LogP contribution in [0.4, 0.5) is 11.5 Å². The van der Waals surface area contributed by atoms with E-state index < -0.39 is 5.97 Å². The van der Waals surface area contributed by atoms with Gasteiger partial charge in [0.2, 0.25) is 0 Å². The van der Waals surface area contributed by atoms with Crippen LogP contribution in [0.1, 0.15) is 10.5 Å². The van der Waals surface area contributed by atoms with E-state index in [1.165, 1.54) is 0 Å². The van der Waals surface area contributed by atoms with Crippen LogP contribution in [0.5, 0.6) is 0 Å². The van der Waals surface area contributed by atoms with Crippen molar-refractivity contribution in [3.05, 3.63) is 65.3 Å². The third kappa shape index (κ3) is 2.80. The molecule has 0 radical (unpaired) electrons. The monoisotopic (exact) mass is 298 g/mol. The number of aromatic nitrogens is 1. The average molecular weight is 299 g/mol. The van der Waals surface area contributed by atoms with E-state index in [9.17, 15) is 4.79 Å². The number of hydrogen-bond acceptors (Lipinski definition) is 3. The van der Waals surface area contributed by atoms with Gasteiger partial charge in [0.05, 0.1) is 0 Å². The van der Waals surface area contributed by atoms with Gasteiger partial charge in [-0.05, 0) is 29.7 Å². The van der Waals surface area contributed by atoms with Crippen LogP contribution in [-0.2, 0) is 0 Å². The average Bonchev–Trinajstić information content (AvgIpc) is 2.47. The van der Waals surface area contributed by atoms with Crippen molar-refractivity contribution >= 4 is 39.8 Å². The fourth-order valence-electron chi connectivity index (χ4n) is 2.11. The minimum absolute atomic E-state index is 0.00164. The summed E-state index contributed by atoms with van der Waals surface area (Å²) < 4.78 is 0. The van der Waals surface area contributed by atoms with E-state index in [2.05, 4.69) is 10.3 Å². The number of carboxylic acids is 1. The molecular formula is C16H11ClN2O2. The van der Waals surface area contributed by atoms with Crippen molar-refractivity contribution in [1.29, 1.82) is 0 Å². The molecule has 2 aromatic carbocycles. The molecule has 0 unspecified atom stereocenters. The Morgan fingerprint density at radius 1 is 1.10 bits per heavy atom. The fraction of sp³-hybridized carbons (Fsp3) is 0. The van der Waals surface area contributed by atoms with Gasteiger partial charge in [0, 0.05) is 16.1 Å². The number of nitrogens with zero attached hydrogens (tertiary/aromatic N) is 1. The maximum atomic E-state index is 11.2. The number of benzene rings is 2. The van der Waals surface area contributed by atoms with Crippen LogP contribution < -0.4 is 5.32 Å². The highest BCUT2D eigenvalue weighted by Gasteiger charge is 2.11. The van der Waals surface area contributed by atoms with Gasteiger partial charge in [0.15, 0.2) is 5.69 Å². The predicted octanol–water partition coefficient (Wildman–Crippen LogP) is 4.33. The second-order valence-corrected chi connectivity index (χ2v) is 4.95. The topological polar surface area (TPSA) is 62.2 Å². The summed E-state index contributed by atoms with van der Waals surface area (Å²) in [4.78, 5) is 15.4. The molecule has 4 nitrogen and oxygen atoms in total. The lowest BCUT2D eigenvalue weighted by atomic mass is 10.1. The molecule has 0 aliphatic heterocycles. The van der Waals surface area contributed by atoms with Crippen molar-refractivity contribution in [2.24, 2.45) is 0 Å². The van der Waals surface area contributed by atoms with Crippen molar-refractivity contribution < 1.29 is 9.90 Å². The summed E-state index contributed by atoms with van der Waals surface area (Å²) in [5.74, 6) is -0.567. The number of carbonyl (C=O) groups is 1. The first-order valence-electron chi connectivity index (χ1n) is 6.29. The van der Waals surface area contributed by atoms with Crippen molar-refractivity contribution in [1.82, 2.24) is 4.98 Å². The minimum Gasteiger partial charge on any atom is -0.477 e. The Hall–Kier alpha value is -2.59. The molecule has 2 N–H and O–H groups in total. The first-order valence-corrected chi connectivity index (χ1v) is 6.67. The summed E-state index contributed by atoms with van der Waals surface area (Å²) in [7, 11) is 0. The molecule has 21 heavy (non-hydrogen) atoms. The first-order chi connectivity index (χ1) is 10.1. The van der Waals surface area contributed by atoms with Crippen LogP contribution in [0, 0.1) is 0 Å². The van der Waals surface area contributed by atoms with Crippen molar-refractivity contribution in [3.63, 3.8) is 0 Å². The number of nitrogens with one attached hydrogen (secondary N) is 1. The fourth-order valence-corrected chi connectivity index (χ4v) is 2.30. The summed E-state index contributed by atoms with van der Waals surface area (Å²) in [5.41, 5.74) is 0.751. The standard InChI is InChI=1S/C16H11ClN2O2/c17-11-5-3-6-12(9-11)18-15-13-7-2-1-4-10(13)8-14(19-15)16(20)21/h1-9H,(H,18,19)(H,20,21). The van der Waals surface area contributed by atoms with E-state index in [0.29, 0.717) is 10.8 Å². The minimum atomic E-state index is -1.06. The highest BCUT2D eigenvalue weighted by molar-refractivity contribution is 6.30. The maximum absolute atomic E-state index is 11.2. The molecule has 0 bridgehead atoms. The van der Waals surface area contributed by atoms with Crippen molar-refractivity contribution in [2.75, 3.05) is 5.32 Å². The lowest BCUT2D eigenvalue weighted by Gasteiger charge is -2.10. The van der Waals surface area contributed by atoms with Gasteiger partial charge in [-0.2, -0.15) is 0 Å². The van der Waals surface area contributed by atoms with Gasteiger partial charge in [0.25, 0.3) is 0 Å². The Morgan fingerprint density at radius 3 is 2.67 bits per heavy atom. The number of halogens is 1. The lowest BCUT2D eigenvalue weighted by molar-refractivity contribution is 0.0691. The summed E-state index contributed by atoms with van der Waals surface area (Å²) in [6.07, 6.45) is 0. The van der Waals surface area contributed by atoms with Gasteiger partial charge in [-0.1, -0.05) is 41.9 Å². The molecule has 0 atom stereocenters. The summed E-state index contributed by atoms with van der Waals surface area (Å²) in [6, 6.07) is 16.2. The van der Waals surface area contributed by atoms with Gasteiger partial charge in [-0.15, -0.1) is 0 Å². The van der Waals surface area contributed by atoms with Crippen LogP contribution in [-0.4, -0.2) is 16.1 Å². The molecule has 1 aromatic heterocycles. The largest absolute Gasteiger partial charge is 0.477 e. The molecule has 0 saturated carbocycles. The summed E-state index contributed by atoms with van der Waals surface area (Å²) >= 11 is 5.96. The second kappa shape index (κ2) is 5.42. The molecule has 3 rings (SSSR count). The van der Waals surface area contributed by atoms with E-state index in [0.717, 1.165) is 16.5 Å². The molecule has 0 spiro atoms. The lowest BCUT2D eigenvalue weighted by Crippen LogP contribution is -2.04. The van der Waals surface area contributed by atoms with Crippen LogP contribution in [0.25, 0.3) is 10.8 Å². The number of pyridine rings is 1. The summed E-state index contributed by atoms with van der Waals surface area (Å²) in [5, 5.41) is 14.6. The normalized spacial score (nSPS) is 10.5. The zero-order chi connectivity index (χ0) is 14.8. The Balaban J connectivity index is 2.13. The maximum Gasteiger partial charge on any atom is 0.354 e. The van der Waals surface area contributed by atoms with Gasteiger partial charge in [-0.25, -0.2) is 9.78 Å². The Morgan fingerprint density at radius 2 is 1.90 bits per heavy atom. The highest BCUT2D eigenvalue weighted by Crippen LogP contribution is 2.26. The molecule has 3 aromatic rings. The van der Waals surface area contributed by atoms with Crippen LogP contribution in [0.2, 0.25) is 5.02 Å². The molecule has 0 fully saturated rings. The zero-order valence-corrected chi connectivity index (χ0v) is 11.6. The van der Waals surface area contributed by atoms with E-state index in [-0.39, 0.29) is 5.69 Å². The molecule has 104 valence electrons. The number of fused-ring (bicyclic) bond motifs is 1. The van der Waals surface area contributed by atoms with Crippen LogP contribution >= 0.6 is 11.6 Å². The number of carboxylic acid groups (broad SMARTS) is 1. The third-order valence-electron chi connectivity index (χ3n) is 3.05.